The number of hydrogen-bond donors (Lipinski definition) is 0. The molecule has 0 aliphatic heterocycles. The van der Waals surface area contributed by atoms with Crippen molar-refractivity contribution in [2.75, 3.05) is 13.1 Å². The summed E-state index contributed by atoms with van der Waals surface area (Å²) in [4.78, 5) is 5.83. The van der Waals surface area contributed by atoms with Crippen molar-refractivity contribution >= 4 is 38.6 Å². The van der Waals surface area contributed by atoms with Gasteiger partial charge in [-0.25, -0.2) is 13.4 Å². The van der Waals surface area contributed by atoms with Gasteiger partial charge in [0.2, 0.25) is 10.0 Å². The van der Waals surface area contributed by atoms with Gasteiger partial charge in [0.05, 0.1) is 16.4 Å². The third kappa shape index (κ3) is 5.01. The molecule has 32 heavy (non-hydrogen) atoms. The lowest BCUT2D eigenvalue weighted by atomic mass is 10.1. The first-order valence-corrected chi connectivity index (χ1v) is 13.5. The van der Waals surface area contributed by atoms with E-state index in [1.807, 2.05) is 49.0 Å². The monoisotopic (exact) mass is 491 g/mol. The van der Waals surface area contributed by atoms with Crippen LogP contribution < -0.4 is 4.80 Å². The second-order valence-corrected chi connectivity index (χ2v) is 11.0. The zero-order chi connectivity index (χ0) is 23.5. The van der Waals surface area contributed by atoms with Crippen molar-refractivity contribution in [3.63, 3.8) is 0 Å². The van der Waals surface area contributed by atoms with Crippen molar-refractivity contribution in [2.24, 2.45) is 12.0 Å². The van der Waals surface area contributed by atoms with Gasteiger partial charge in [0.1, 0.15) is 4.90 Å². The van der Waals surface area contributed by atoms with Crippen molar-refractivity contribution in [1.82, 2.24) is 8.87 Å². The molecule has 1 heterocycles. The van der Waals surface area contributed by atoms with E-state index in [4.69, 9.17) is 16.6 Å². The number of halogens is 1. The number of benzene rings is 2. The number of thiazole rings is 1. The fourth-order valence-electron chi connectivity index (χ4n) is 3.54. The summed E-state index contributed by atoms with van der Waals surface area (Å²) in [5, 5.41) is 2.24. The standard InChI is InChI=1S/C24H30ClN3O2S2/c1-6-13-28(14-7-2)32(29,30)23-15-19(11-12-20(23)25)22-16-31-24(27(22)5)26-21-10-8-9-17(3)18(21)4/h8-12,15-16H,6-7,13-14H2,1-5H3/b26-24+. The SMILES string of the molecule is CCCN(CCC)S(=O)(=O)c1cc(-c2cs/c(=N/c3cccc(C)c3C)n2C)ccc1Cl. The van der Waals surface area contributed by atoms with Crippen LogP contribution in [0, 0.1) is 13.8 Å². The third-order valence-electron chi connectivity index (χ3n) is 5.51. The Morgan fingerprint density at radius 3 is 2.44 bits per heavy atom. The topological polar surface area (TPSA) is 54.7 Å². The molecule has 0 bridgehead atoms. The van der Waals surface area contributed by atoms with E-state index in [-0.39, 0.29) is 9.92 Å². The molecule has 0 radical (unpaired) electrons. The highest BCUT2D eigenvalue weighted by Crippen LogP contribution is 2.31. The predicted molar refractivity (Wildman–Crippen MR) is 134 cm³/mol. The van der Waals surface area contributed by atoms with Crippen LogP contribution in [-0.2, 0) is 17.1 Å². The van der Waals surface area contributed by atoms with E-state index in [0.29, 0.717) is 13.1 Å². The quantitative estimate of drug-likeness (QED) is 0.384. The smallest absolute Gasteiger partial charge is 0.244 e. The molecule has 0 unspecified atom stereocenters. The first-order chi connectivity index (χ1) is 15.2. The summed E-state index contributed by atoms with van der Waals surface area (Å²) in [6.45, 7) is 9.04. The molecule has 0 aliphatic rings. The Morgan fingerprint density at radius 2 is 1.78 bits per heavy atom. The van der Waals surface area contributed by atoms with Crippen molar-refractivity contribution in [3.05, 3.63) is 62.7 Å². The van der Waals surface area contributed by atoms with Crippen molar-refractivity contribution < 1.29 is 8.42 Å². The van der Waals surface area contributed by atoms with Crippen LogP contribution in [0.1, 0.15) is 37.8 Å². The Hall–Kier alpha value is -1.93. The molecule has 8 heteroatoms. The summed E-state index contributed by atoms with van der Waals surface area (Å²) < 4.78 is 30.2. The highest BCUT2D eigenvalue weighted by molar-refractivity contribution is 7.89. The molecule has 172 valence electrons. The zero-order valence-electron chi connectivity index (χ0n) is 19.2. The summed E-state index contributed by atoms with van der Waals surface area (Å²) >= 11 is 7.89. The molecule has 0 saturated carbocycles. The van der Waals surface area contributed by atoms with Gasteiger partial charge in [-0.1, -0.05) is 43.6 Å². The van der Waals surface area contributed by atoms with Crippen LogP contribution in [0.2, 0.25) is 5.02 Å². The second-order valence-electron chi connectivity index (χ2n) is 7.84. The van der Waals surface area contributed by atoms with E-state index in [1.165, 1.54) is 21.2 Å². The normalized spacial score (nSPS) is 12.7. The van der Waals surface area contributed by atoms with Gasteiger partial charge in [0.15, 0.2) is 4.80 Å². The Bertz CT molecular complexity index is 1270. The number of aryl methyl sites for hydroxylation is 1. The van der Waals surface area contributed by atoms with Crippen LogP contribution in [0.15, 0.2) is 51.7 Å². The average Bonchev–Trinajstić information content (AvgIpc) is 3.11. The van der Waals surface area contributed by atoms with E-state index in [9.17, 15) is 8.42 Å². The minimum absolute atomic E-state index is 0.151. The Labute approximate surface area is 200 Å². The van der Waals surface area contributed by atoms with E-state index >= 15 is 0 Å². The van der Waals surface area contributed by atoms with Crippen molar-refractivity contribution in [3.8, 4) is 11.3 Å². The Kier molecular flexibility index (Phi) is 7.98. The number of rotatable bonds is 8. The summed E-state index contributed by atoms with van der Waals surface area (Å²) in [5.41, 5.74) is 4.96. The van der Waals surface area contributed by atoms with Gasteiger partial charge in [-0.3, -0.25) is 0 Å². The molecule has 2 aromatic carbocycles. The van der Waals surface area contributed by atoms with Crippen LogP contribution in [0.4, 0.5) is 5.69 Å². The van der Waals surface area contributed by atoms with Crippen LogP contribution in [0.3, 0.4) is 0 Å². The minimum Gasteiger partial charge on any atom is -0.320 e. The molecule has 0 saturated heterocycles. The maximum atomic E-state index is 13.3. The number of nitrogens with zero attached hydrogens (tertiary/aromatic N) is 3. The summed E-state index contributed by atoms with van der Waals surface area (Å²) in [7, 11) is -1.74. The number of aromatic nitrogens is 1. The second kappa shape index (κ2) is 10.3. The van der Waals surface area contributed by atoms with Gasteiger partial charge in [0, 0.05) is 31.1 Å². The Morgan fingerprint density at radius 1 is 1.09 bits per heavy atom. The zero-order valence-corrected chi connectivity index (χ0v) is 21.6. The maximum Gasteiger partial charge on any atom is 0.244 e. The average molecular weight is 492 g/mol. The summed E-state index contributed by atoms with van der Waals surface area (Å²) in [5.74, 6) is 0. The lowest BCUT2D eigenvalue weighted by Gasteiger charge is -2.22. The molecule has 1 aromatic heterocycles. The van der Waals surface area contributed by atoms with Gasteiger partial charge in [-0.15, -0.1) is 11.3 Å². The first kappa shape index (κ1) is 24.7. The molecule has 0 fully saturated rings. The molecule has 0 atom stereocenters. The van der Waals surface area contributed by atoms with Gasteiger partial charge in [-0.05, 0) is 56.0 Å². The fourth-order valence-corrected chi connectivity index (χ4v) is 6.59. The lowest BCUT2D eigenvalue weighted by molar-refractivity contribution is 0.410. The van der Waals surface area contributed by atoms with Gasteiger partial charge < -0.3 is 4.57 Å². The van der Waals surface area contributed by atoms with E-state index in [0.717, 1.165) is 40.2 Å². The van der Waals surface area contributed by atoms with E-state index in [1.54, 1.807) is 12.1 Å². The third-order valence-corrected chi connectivity index (χ3v) is 8.80. The fraction of sp³-hybridized carbons (Fsp3) is 0.375. The molecular weight excluding hydrogens is 462 g/mol. The molecule has 3 aromatic rings. The molecule has 0 aliphatic carbocycles. The van der Waals surface area contributed by atoms with Crippen LogP contribution >= 0.6 is 22.9 Å². The highest BCUT2D eigenvalue weighted by atomic mass is 35.5. The van der Waals surface area contributed by atoms with Crippen LogP contribution in [0.5, 0.6) is 0 Å². The maximum absolute atomic E-state index is 13.3. The van der Waals surface area contributed by atoms with Crippen LogP contribution in [-0.4, -0.2) is 30.4 Å². The molecule has 5 nitrogen and oxygen atoms in total. The highest BCUT2D eigenvalue weighted by Gasteiger charge is 2.26. The number of sulfonamides is 1. The molecular formula is C24H30ClN3O2S2. The molecule has 3 rings (SSSR count). The van der Waals surface area contributed by atoms with Gasteiger partial charge in [0.25, 0.3) is 0 Å². The minimum atomic E-state index is -3.68. The van der Waals surface area contributed by atoms with E-state index in [2.05, 4.69) is 19.9 Å². The largest absolute Gasteiger partial charge is 0.320 e. The van der Waals surface area contributed by atoms with E-state index < -0.39 is 10.0 Å². The summed E-state index contributed by atoms with van der Waals surface area (Å²) in [6.07, 6.45) is 1.50. The van der Waals surface area contributed by atoms with Crippen molar-refractivity contribution in [1.29, 1.82) is 0 Å². The van der Waals surface area contributed by atoms with Crippen LogP contribution in [0.25, 0.3) is 11.3 Å². The summed E-state index contributed by atoms with van der Waals surface area (Å²) in [6, 6.07) is 11.3. The predicted octanol–water partition coefficient (Wildman–Crippen LogP) is 6.07. The molecule has 0 N–H and O–H groups in total. The first-order valence-electron chi connectivity index (χ1n) is 10.8. The van der Waals surface area contributed by atoms with Crippen molar-refractivity contribution in [2.45, 2.75) is 45.4 Å². The number of hydrogen-bond acceptors (Lipinski definition) is 4. The lowest BCUT2D eigenvalue weighted by Crippen LogP contribution is -2.32. The molecule has 0 spiro atoms. The molecule has 0 amide bonds. The van der Waals surface area contributed by atoms with Gasteiger partial charge >= 0.3 is 0 Å². The Balaban J connectivity index is 2.08. The van der Waals surface area contributed by atoms with Gasteiger partial charge in [-0.2, -0.15) is 4.31 Å².